The molecule has 0 amide bonds. The molecule has 0 saturated carbocycles. The van der Waals surface area contributed by atoms with Crippen LogP contribution in [0.3, 0.4) is 0 Å². The van der Waals surface area contributed by atoms with Gasteiger partial charge in [-0.1, -0.05) is 12.1 Å². The van der Waals surface area contributed by atoms with Gasteiger partial charge in [-0.2, -0.15) is 0 Å². The third-order valence-electron chi connectivity index (χ3n) is 6.26. The number of ketones is 1. The van der Waals surface area contributed by atoms with E-state index in [0.29, 0.717) is 12.0 Å². The highest BCUT2D eigenvalue weighted by molar-refractivity contribution is 6.07. The van der Waals surface area contributed by atoms with Crippen molar-refractivity contribution in [3.8, 4) is 5.75 Å². The number of ether oxygens (including phenoxy) is 1. The van der Waals surface area contributed by atoms with Crippen molar-refractivity contribution in [3.63, 3.8) is 0 Å². The lowest BCUT2D eigenvalue weighted by atomic mass is 9.71. The SMILES string of the molecule is COc1ccc2c(c1)CC[C@@]1(CCCCN1c1cccc([C@@H](O)C(=O)O)c1)C2=O. The van der Waals surface area contributed by atoms with Gasteiger partial charge in [-0.3, -0.25) is 4.79 Å². The third kappa shape index (κ3) is 3.27. The number of fused-ring (bicyclic) bond motifs is 1. The van der Waals surface area contributed by atoms with E-state index in [4.69, 9.17) is 9.84 Å². The number of hydrogen-bond donors (Lipinski definition) is 2. The Balaban J connectivity index is 1.74. The molecule has 0 unspecified atom stereocenters. The summed E-state index contributed by atoms with van der Waals surface area (Å²) in [7, 11) is 1.62. The molecular weight excluding hydrogens is 370 g/mol. The molecule has 2 N–H and O–H groups in total. The number of carbonyl (C=O) groups excluding carboxylic acids is 1. The highest BCUT2D eigenvalue weighted by Crippen LogP contribution is 2.43. The number of anilines is 1. The van der Waals surface area contributed by atoms with E-state index in [0.717, 1.165) is 54.8 Å². The van der Waals surface area contributed by atoms with E-state index in [2.05, 4.69) is 4.90 Å². The third-order valence-corrected chi connectivity index (χ3v) is 6.26. The van der Waals surface area contributed by atoms with Crippen molar-refractivity contribution in [3.05, 3.63) is 59.2 Å². The minimum atomic E-state index is -1.58. The first-order valence-corrected chi connectivity index (χ1v) is 9.96. The zero-order valence-corrected chi connectivity index (χ0v) is 16.4. The van der Waals surface area contributed by atoms with Gasteiger partial charge in [0.05, 0.1) is 7.11 Å². The highest BCUT2D eigenvalue weighted by Gasteiger charge is 2.48. The molecule has 1 aliphatic heterocycles. The van der Waals surface area contributed by atoms with Gasteiger partial charge in [0, 0.05) is 17.8 Å². The van der Waals surface area contributed by atoms with E-state index < -0.39 is 17.6 Å². The van der Waals surface area contributed by atoms with Crippen LogP contribution in [-0.2, 0) is 11.2 Å². The van der Waals surface area contributed by atoms with Crippen LogP contribution in [0, 0.1) is 0 Å². The number of carboxylic acids is 1. The van der Waals surface area contributed by atoms with Crippen LogP contribution >= 0.6 is 0 Å². The number of piperidine rings is 1. The van der Waals surface area contributed by atoms with Gasteiger partial charge in [0.15, 0.2) is 11.9 Å². The second-order valence-electron chi connectivity index (χ2n) is 7.83. The minimum Gasteiger partial charge on any atom is -0.497 e. The van der Waals surface area contributed by atoms with Crippen LogP contribution in [0.5, 0.6) is 5.75 Å². The molecule has 2 aliphatic rings. The first kappa shape index (κ1) is 19.5. The summed E-state index contributed by atoms with van der Waals surface area (Å²) in [6.45, 7) is 0.726. The van der Waals surface area contributed by atoms with E-state index in [1.54, 1.807) is 25.3 Å². The lowest BCUT2D eigenvalue weighted by Gasteiger charge is -2.49. The fraction of sp³-hybridized carbons (Fsp3) is 0.391. The number of carboxylic acid groups (broad SMARTS) is 1. The van der Waals surface area contributed by atoms with Gasteiger partial charge in [0.2, 0.25) is 0 Å². The maximum Gasteiger partial charge on any atom is 0.337 e. The van der Waals surface area contributed by atoms with Crippen LogP contribution in [0.4, 0.5) is 5.69 Å². The van der Waals surface area contributed by atoms with E-state index in [1.807, 2.05) is 24.3 Å². The molecular formula is C23H25NO5. The lowest BCUT2D eigenvalue weighted by Crippen LogP contribution is -2.59. The largest absolute Gasteiger partial charge is 0.497 e. The van der Waals surface area contributed by atoms with E-state index in [1.165, 1.54) is 0 Å². The summed E-state index contributed by atoms with van der Waals surface area (Å²) in [5, 5.41) is 19.1. The monoisotopic (exact) mass is 395 g/mol. The first-order valence-electron chi connectivity index (χ1n) is 9.96. The number of nitrogens with zero attached hydrogens (tertiary/aromatic N) is 1. The van der Waals surface area contributed by atoms with E-state index in [-0.39, 0.29) is 5.78 Å². The molecule has 152 valence electrons. The van der Waals surface area contributed by atoms with Gasteiger partial charge in [0.1, 0.15) is 11.3 Å². The van der Waals surface area contributed by atoms with Crippen molar-refractivity contribution < 1.29 is 24.5 Å². The predicted molar refractivity (Wildman–Crippen MR) is 109 cm³/mol. The molecule has 2 aromatic carbocycles. The van der Waals surface area contributed by atoms with Gasteiger partial charge in [-0.15, -0.1) is 0 Å². The molecule has 2 aromatic rings. The summed E-state index contributed by atoms with van der Waals surface area (Å²) in [4.78, 5) is 27.0. The zero-order valence-electron chi connectivity index (χ0n) is 16.4. The Morgan fingerprint density at radius 3 is 2.76 bits per heavy atom. The maximum absolute atomic E-state index is 13.7. The Hall–Kier alpha value is -2.86. The number of aliphatic hydroxyl groups excluding tert-OH is 1. The molecule has 1 saturated heterocycles. The fourth-order valence-electron chi connectivity index (χ4n) is 4.75. The summed E-state index contributed by atoms with van der Waals surface area (Å²) < 4.78 is 5.30. The molecule has 0 radical (unpaired) electrons. The molecule has 6 nitrogen and oxygen atoms in total. The summed E-state index contributed by atoms with van der Waals surface area (Å²) >= 11 is 0. The molecule has 1 spiro atoms. The topological polar surface area (TPSA) is 87.1 Å². The number of hydrogen-bond acceptors (Lipinski definition) is 5. The Morgan fingerprint density at radius 1 is 1.17 bits per heavy atom. The quantitative estimate of drug-likeness (QED) is 0.825. The van der Waals surface area contributed by atoms with E-state index >= 15 is 0 Å². The van der Waals surface area contributed by atoms with Crippen molar-refractivity contribution >= 4 is 17.4 Å². The molecule has 6 heteroatoms. The Bertz CT molecular complexity index is 956. The van der Waals surface area contributed by atoms with Crippen LogP contribution in [0.1, 0.15) is 53.3 Å². The Kier molecular flexibility index (Phi) is 5.04. The number of aliphatic carboxylic acids is 1. The summed E-state index contributed by atoms with van der Waals surface area (Å²) in [6, 6.07) is 12.6. The highest BCUT2D eigenvalue weighted by atomic mass is 16.5. The van der Waals surface area contributed by atoms with Gasteiger partial charge in [-0.05, 0) is 73.6 Å². The average molecular weight is 395 g/mol. The molecule has 1 aliphatic carbocycles. The number of benzene rings is 2. The molecule has 0 aromatic heterocycles. The minimum absolute atomic E-state index is 0.116. The van der Waals surface area contributed by atoms with Crippen LogP contribution in [0.25, 0.3) is 0 Å². The van der Waals surface area contributed by atoms with Crippen molar-refractivity contribution in [1.29, 1.82) is 0 Å². The predicted octanol–water partition coefficient (Wildman–Crippen LogP) is 3.37. The van der Waals surface area contributed by atoms with Gasteiger partial charge in [-0.25, -0.2) is 4.79 Å². The number of methoxy groups -OCH3 is 1. The Labute approximate surface area is 169 Å². The van der Waals surface area contributed by atoms with Crippen LogP contribution < -0.4 is 9.64 Å². The smallest absolute Gasteiger partial charge is 0.337 e. The second kappa shape index (κ2) is 7.52. The van der Waals surface area contributed by atoms with Gasteiger partial charge < -0.3 is 19.8 Å². The first-order chi connectivity index (χ1) is 14.0. The molecule has 2 atom stereocenters. The van der Waals surface area contributed by atoms with Crippen molar-refractivity contribution in [2.75, 3.05) is 18.6 Å². The summed E-state index contributed by atoms with van der Waals surface area (Å²) in [5.41, 5.74) is 2.23. The average Bonchev–Trinajstić information content (AvgIpc) is 2.76. The molecule has 4 rings (SSSR count). The van der Waals surface area contributed by atoms with Crippen molar-refractivity contribution in [1.82, 2.24) is 0 Å². The lowest BCUT2D eigenvalue weighted by molar-refractivity contribution is -0.146. The van der Waals surface area contributed by atoms with Crippen molar-refractivity contribution in [2.24, 2.45) is 0 Å². The van der Waals surface area contributed by atoms with Crippen LogP contribution in [-0.4, -0.2) is 41.2 Å². The second-order valence-corrected chi connectivity index (χ2v) is 7.83. The molecule has 0 bridgehead atoms. The van der Waals surface area contributed by atoms with Gasteiger partial charge >= 0.3 is 5.97 Å². The number of aliphatic hydroxyl groups is 1. The van der Waals surface area contributed by atoms with E-state index in [9.17, 15) is 14.7 Å². The number of carbonyl (C=O) groups is 2. The van der Waals surface area contributed by atoms with Crippen LogP contribution in [0.2, 0.25) is 0 Å². The number of Topliss-reactive ketones (excluding diaryl/α,β-unsaturated/α-hetero) is 1. The normalized spacial score (nSPS) is 22.3. The standard InChI is InChI=1S/C23H25NO5/c1-29-18-7-8-19-15(14-18)9-11-23(21(19)26)10-2-3-12-24(23)17-6-4-5-16(13-17)20(25)22(27)28/h4-8,13-14,20,25H,2-3,9-12H2,1H3,(H,27,28)/t20-,23+/m1/s1. The summed E-state index contributed by atoms with van der Waals surface area (Å²) in [6.07, 6.45) is 2.62. The number of rotatable bonds is 4. The number of aryl methyl sites for hydroxylation is 1. The molecule has 29 heavy (non-hydrogen) atoms. The summed E-state index contributed by atoms with van der Waals surface area (Å²) in [5.74, 6) is -0.416. The molecule has 1 heterocycles. The van der Waals surface area contributed by atoms with Gasteiger partial charge in [0.25, 0.3) is 0 Å². The zero-order chi connectivity index (χ0) is 20.6. The Morgan fingerprint density at radius 2 is 2.00 bits per heavy atom. The maximum atomic E-state index is 13.7. The van der Waals surface area contributed by atoms with Crippen molar-refractivity contribution in [2.45, 2.75) is 43.7 Å². The van der Waals surface area contributed by atoms with Crippen LogP contribution in [0.15, 0.2) is 42.5 Å². The molecule has 1 fully saturated rings. The fourth-order valence-corrected chi connectivity index (χ4v) is 4.75.